The van der Waals surface area contributed by atoms with Crippen LogP contribution in [0.15, 0.2) is 48.7 Å². The Labute approximate surface area is 155 Å². The lowest BCUT2D eigenvalue weighted by molar-refractivity contribution is -0.137. The summed E-state index contributed by atoms with van der Waals surface area (Å²) in [6, 6.07) is 12.0. The first kappa shape index (κ1) is 18.5. The Balaban J connectivity index is 1.81. The van der Waals surface area contributed by atoms with Crippen LogP contribution in [0.2, 0.25) is 0 Å². The number of fused-ring (bicyclic) bond motifs is 1. The van der Waals surface area contributed by atoms with Gasteiger partial charge < -0.3 is 25.3 Å². The summed E-state index contributed by atoms with van der Waals surface area (Å²) in [4.78, 5) is 22.0. The molecule has 0 fully saturated rings. The van der Waals surface area contributed by atoms with Crippen LogP contribution >= 0.6 is 0 Å². The van der Waals surface area contributed by atoms with E-state index in [0.29, 0.717) is 25.3 Å². The van der Waals surface area contributed by atoms with Crippen molar-refractivity contribution >= 4 is 22.8 Å². The third-order valence-electron chi connectivity index (χ3n) is 4.26. The van der Waals surface area contributed by atoms with E-state index in [2.05, 4.69) is 0 Å². The molecule has 4 N–H and O–H groups in total. The maximum atomic E-state index is 11.1. The van der Waals surface area contributed by atoms with E-state index in [9.17, 15) is 9.59 Å². The number of benzene rings is 2. The van der Waals surface area contributed by atoms with Crippen molar-refractivity contribution in [3.8, 4) is 5.75 Å². The predicted molar refractivity (Wildman–Crippen MR) is 100 cm³/mol. The van der Waals surface area contributed by atoms with Crippen molar-refractivity contribution in [2.75, 3.05) is 6.54 Å². The fourth-order valence-corrected chi connectivity index (χ4v) is 2.98. The van der Waals surface area contributed by atoms with Gasteiger partial charge in [-0.2, -0.15) is 0 Å². The first-order valence-corrected chi connectivity index (χ1v) is 8.46. The number of aromatic nitrogens is 1. The molecule has 1 heterocycles. The summed E-state index contributed by atoms with van der Waals surface area (Å²) in [5.74, 6) is -1.22. The lowest BCUT2D eigenvalue weighted by Gasteiger charge is -2.08. The van der Waals surface area contributed by atoms with E-state index >= 15 is 0 Å². The van der Waals surface area contributed by atoms with Crippen LogP contribution in [0.25, 0.3) is 10.9 Å². The first-order valence-electron chi connectivity index (χ1n) is 8.46. The van der Waals surface area contributed by atoms with Crippen molar-refractivity contribution in [1.29, 1.82) is 0 Å². The molecule has 7 nitrogen and oxygen atoms in total. The average molecular weight is 368 g/mol. The molecule has 0 amide bonds. The lowest BCUT2D eigenvalue weighted by Crippen LogP contribution is -2.07. The van der Waals surface area contributed by atoms with Crippen molar-refractivity contribution in [1.82, 2.24) is 4.57 Å². The summed E-state index contributed by atoms with van der Waals surface area (Å²) in [7, 11) is 0. The zero-order valence-corrected chi connectivity index (χ0v) is 14.6. The van der Waals surface area contributed by atoms with Crippen LogP contribution in [0.4, 0.5) is 0 Å². The van der Waals surface area contributed by atoms with Crippen LogP contribution in [0, 0.1) is 0 Å². The van der Waals surface area contributed by atoms with Gasteiger partial charge in [0, 0.05) is 17.1 Å². The van der Waals surface area contributed by atoms with Crippen molar-refractivity contribution in [3.63, 3.8) is 0 Å². The van der Waals surface area contributed by atoms with Crippen molar-refractivity contribution in [3.05, 3.63) is 65.4 Å². The third-order valence-corrected chi connectivity index (χ3v) is 4.26. The Kier molecular flexibility index (Phi) is 5.42. The Hall–Kier alpha value is -3.32. The van der Waals surface area contributed by atoms with Gasteiger partial charge in [-0.15, -0.1) is 0 Å². The summed E-state index contributed by atoms with van der Waals surface area (Å²) in [5.41, 5.74) is 8.55. The molecule has 140 valence electrons. The average Bonchev–Trinajstić information content (AvgIpc) is 2.97. The molecule has 0 unspecified atom stereocenters. The molecule has 1 aromatic heterocycles. The summed E-state index contributed by atoms with van der Waals surface area (Å²) >= 11 is 0. The van der Waals surface area contributed by atoms with Crippen LogP contribution in [-0.4, -0.2) is 33.3 Å². The van der Waals surface area contributed by atoms with E-state index in [1.165, 1.54) is 12.1 Å². The van der Waals surface area contributed by atoms with Gasteiger partial charge in [0.05, 0.1) is 5.56 Å². The summed E-state index contributed by atoms with van der Waals surface area (Å²) in [5, 5.41) is 18.9. The minimum atomic E-state index is -0.966. The van der Waals surface area contributed by atoms with Gasteiger partial charge in [0.1, 0.15) is 18.9 Å². The molecular weight excluding hydrogens is 348 g/mol. The van der Waals surface area contributed by atoms with Crippen LogP contribution in [0.5, 0.6) is 5.75 Å². The second-order valence-electron chi connectivity index (χ2n) is 6.18. The maximum absolute atomic E-state index is 11.1. The maximum Gasteiger partial charge on any atom is 0.335 e. The van der Waals surface area contributed by atoms with Crippen LogP contribution in [0.3, 0.4) is 0 Å². The zero-order chi connectivity index (χ0) is 19.4. The van der Waals surface area contributed by atoms with Gasteiger partial charge >= 0.3 is 11.9 Å². The standard InChI is InChI=1S/C20H20N2O5/c21-8-7-15-10-22(11-19(23)24)18-6-5-16(9-17(15)18)27-12-13-1-3-14(4-2-13)20(25)26/h1-6,9-10H,7-8,11-12,21H2,(H,23,24)(H,25,26). The highest BCUT2D eigenvalue weighted by molar-refractivity contribution is 5.87. The number of ether oxygens (including phenoxy) is 1. The molecule has 3 rings (SSSR count). The highest BCUT2D eigenvalue weighted by Gasteiger charge is 2.12. The number of hydrogen-bond donors (Lipinski definition) is 3. The zero-order valence-electron chi connectivity index (χ0n) is 14.6. The molecule has 0 aliphatic heterocycles. The fourth-order valence-electron chi connectivity index (χ4n) is 2.98. The molecule has 0 aliphatic rings. The quantitative estimate of drug-likeness (QED) is 0.563. The smallest absolute Gasteiger partial charge is 0.335 e. The summed E-state index contributed by atoms with van der Waals surface area (Å²) in [6.07, 6.45) is 2.46. The van der Waals surface area contributed by atoms with E-state index in [4.69, 9.17) is 20.7 Å². The largest absolute Gasteiger partial charge is 0.489 e. The van der Waals surface area contributed by atoms with Gasteiger partial charge in [-0.1, -0.05) is 12.1 Å². The molecule has 27 heavy (non-hydrogen) atoms. The number of aliphatic carboxylic acids is 1. The van der Waals surface area contributed by atoms with Gasteiger partial charge in [0.15, 0.2) is 0 Å². The van der Waals surface area contributed by atoms with Crippen LogP contribution in [0.1, 0.15) is 21.5 Å². The number of carboxylic acid groups (broad SMARTS) is 2. The number of hydrogen-bond acceptors (Lipinski definition) is 4. The monoisotopic (exact) mass is 368 g/mol. The van der Waals surface area contributed by atoms with Gasteiger partial charge in [-0.3, -0.25) is 4.79 Å². The minimum Gasteiger partial charge on any atom is -0.489 e. The minimum absolute atomic E-state index is 0.114. The predicted octanol–water partition coefficient (Wildman–Crippen LogP) is 2.50. The molecule has 0 atom stereocenters. The second kappa shape index (κ2) is 7.92. The summed E-state index contributed by atoms with van der Waals surface area (Å²) in [6.45, 7) is 0.651. The van der Waals surface area contributed by atoms with Crippen LogP contribution < -0.4 is 10.5 Å². The van der Waals surface area contributed by atoms with E-state index in [1.54, 1.807) is 22.8 Å². The Morgan fingerprint density at radius 1 is 1.07 bits per heavy atom. The number of carboxylic acids is 2. The number of nitrogens with zero attached hydrogens (tertiary/aromatic N) is 1. The molecule has 0 spiro atoms. The number of aromatic carboxylic acids is 1. The van der Waals surface area contributed by atoms with Gasteiger partial charge in [-0.25, -0.2) is 4.79 Å². The second-order valence-corrected chi connectivity index (χ2v) is 6.18. The number of nitrogens with two attached hydrogens (primary N) is 1. The molecule has 0 saturated heterocycles. The highest BCUT2D eigenvalue weighted by Crippen LogP contribution is 2.27. The SMILES string of the molecule is NCCc1cn(CC(=O)O)c2ccc(OCc3ccc(C(=O)O)cc3)cc12. The molecule has 3 aromatic rings. The first-order chi connectivity index (χ1) is 13.0. The van der Waals surface area contributed by atoms with Crippen molar-refractivity contribution in [2.24, 2.45) is 5.73 Å². The van der Waals surface area contributed by atoms with Crippen LogP contribution in [-0.2, 0) is 24.4 Å². The highest BCUT2D eigenvalue weighted by atomic mass is 16.5. The molecule has 0 aliphatic carbocycles. The Morgan fingerprint density at radius 3 is 2.44 bits per heavy atom. The molecule has 2 aromatic carbocycles. The van der Waals surface area contributed by atoms with Gasteiger partial charge in [-0.05, 0) is 54.4 Å². The number of carbonyl (C=O) groups is 2. The van der Waals surface area contributed by atoms with E-state index < -0.39 is 11.9 Å². The van der Waals surface area contributed by atoms with Crippen molar-refractivity contribution in [2.45, 2.75) is 19.6 Å². The molecule has 0 saturated carbocycles. The number of rotatable bonds is 8. The molecule has 0 radical (unpaired) electrons. The molecule has 0 bridgehead atoms. The van der Waals surface area contributed by atoms with Crippen molar-refractivity contribution < 1.29 is 24.5 Å². The molecular formula is C20H20N2O5. The Morgan fingerprint density at radius 2 is 1.81 bits per heavy atom. The normalized spacial score (nSPS) is 10.9. The Bertz CT molecular complexity index is 976. The van der Waals surface area contributed by atoms with E-state index in [-0.39, 0.29) is 12.1 Å². The topological polar surface area (TPSA) is 115 Å². The molecule has 7 heteroatoms. The fraction of sp³-hybridized carbons (Fsp3) is 0.200. The van der Waals surface area contributed by atoms with E-state index in [1.807, 2.05) is 18.3 Å². The van der Waals surface area contributed by atoms with E-state index in [0.717, 1.165) is 22.0 Å². The van der Waals surface area contributed by atoms with Gasteiger partial charge in [0.2, 0.25) is 0 Å². The lowest BCUT2D eigenvalue weighted by atomic mass is 10.1. The summed E-state index contributed by atoms with van der Waals surface area (Å²) < 4.78 is 7.51. The third kappa shape index (κ3) is 4.27. The van der Waals surface area contributed by atoms with Gasteiger partial charge in [0.25, 0.3) is 0 Å².